The van der Waals surface area contributed by atoms with Crippen LogP contribution in [-0.2, 0) is 0 Å². The average molecular weight is 528 g/mol. The SMILES string of the molecule is C=C(c1c(C#N)nn(-c2c(Cl)cc(S(F)(F)(F)(F)F)cc2Cl)c1N=CN(C)C)C(F)(F)F. The van der Waals surface area contributed by atoms with E-state index in [2.05, 4.69) is 16.7 Å². The van der Waals surface area contributed by atoms with E-state index in [1.54, 1.807) is 0 Å². The normalized spacial score (nSPS) is 14.7. The zero-order valence-corrected chi connectivity index (χ0v) is 18.2. The molecule has 0 unspecified atom stereocenters. The molecule has 0 amide bonds. The first kappa shape index (κ1) is 25.8. The molecule has 176 valence electrons. The maximum atomic E-state index is 13.3. The summed E-state index contributed by atoms with van der Waals surface area (Å²) < 4.78 is 106. The molecule has 2 aromatic rings. The third kappa shape index (κ3) is 5.28. The van der Waals surface area contributed by atoms with Gasteiger partial charge in [0.2, 0.25) is 0 Å². The number of rotatable bonds is 5. The summed E-state index contributed by atoms with van der Waals surface area (Å²) in [6.07, 6.45) is -4.05. The maximum Gasteiger partial charge on any atom is 0.416 e. The molecular weight excluding hydrogens is 517 g/mol. The summed E-state index contributed by atoms with van der Waals surface area (Å²) in [4.78, 5) is 2.64. The van der Waals surface area contributed by atoms with E-state index < -0.39 is 59.7 Å². The van der Waals surface area contributed by atoms with Gasteiger partial charge in [-0.05, 0) is 12.1 Å². The highest BCUT2D eigenvalue weighted by atomic mass is 35.5. The molecule has 32 heavy (non-hydrogen) atoms. The molecule has 0 aliphatic carbocycles. The summed E-state index contributed by atoms with van der Waals surface area (Å²) >= 11 is 11.5. The Balaban J connectivity index is 2.95. The first-order valence-corrected chi connectivity index (χ1v) is 10.6. The molecule has 0 radical (unpaired) electrons. The predicted octanol–water partition coefficient (Wildman–Crippen LogP) is 7.51. The Hall–Kier alpha value is -2.50. The van der Waals surface area contributed by atoms with Gasteiger partial charge in [0, 0.05) is 14.1 Å². The second-order valence-corrected chi connectivity index (χ2v) is 9.68. The fourth-order valence-corrected chi connectivity index (χ4v) is 3.78. The molecule has 2 rings (SSSR count). The average Bonchev–Trinajstić information content (AvgIpc) is 2.93. The Morgan fingerprint density at radius 3 is 2.06 bits per heavy atom. The second-order valence-electron chi connectivity index (χ2n) is 6.46. The first-order valence-electron chi connectivity index (χ1n) is 7.91. The number of nitrogens with zero attached hydrogens (tertiary/aromatic N) is 5. The Labute approximate surface area is 185 Å². The Morgan fingerprint density at radius 1 is 1.19 bits per heavy atom. The van der Waals surface area contributed by atoms with Gasteiger partial charge in [-0.3, -0.25) is 0 Å². The molecule has 0 spiro atoms. The number of alkyl halides is 3. The molecule has 0 aliphatic rings. The van der Waals surface area contributed by atoms with E-state index in [1.807, 2.05) is 0 Å². The van der Waals surface area contributed by atoms with Crippen molar-refractivity contribution in [2.45, 2.75) is 11.1 Å². The summed E-state index contributed by atoms with van der Waals surface area (Å²) in [7, 11) is -7.31. The van der Waals surface area contributed by atoms with Crippen LogP contribution in [0.15, 0.2) is 28.6 Å². The summed E-state index contributed by atoms with van der Waals surface area (Å²) in [5.74, 6) is -0.721. The number of aromatic nitrogens is 2. The number of nitriles is 1. The smallest absolute Gasteiger partial charge is 0.369 e. The fraction of sp³-hybridized carbons (Fsp3) is 0.188. The second kappa shape index (κ2) is 7.26. The third-order valence-corrected chi connectivity index (χ3v) is 5.37. The van der Waals surface area contributed by atoms with Gasteiger partial charge < -0.3 is 4.90 Å². The summed E-state index contributed by atoms with van der Waals surface area (Å²) in [6, 6.07) is 1.11. The lowest BCUT2D eigenvalue weighted by Crippen LogP contribution is -2.11. The van der Waals surface area contributed by atoms with E-state index in [1.165, 1.54) is 25.1 Å². The van der Waals surface area contributed by atoms with Crippen LogP contribution in [0.5, 0.6) is 0 Å². The molecule has 0 atom stereocenters. The molecule has 5 nitrogen and oxygen atoms in total. The van der Waals surface area contributed by atoms with Crippen LogP contribution in [-0.4, -0.2) is 41.3 Å². The number of benzene rings is 1. The number of allylic oxidation sites excluding steroid dienone is 1. The van der Waals surface area contributed by atoms with Crippen LogP contribution in [0.1, 0.15) is 11.3 Å². The van der Waals surface area contributed by atoms with Crippen molar-refractivity contribution in [2.75, 3.05) is 14.1 Å². The zero-order valence-electron chi connectivity index (χ0n) is 15.9. The Morgan fingerprint density at radius 2 is 1.69 bits per heavy atom. The zero-order chi connectivity index (χ0) is 24.9. The highest BCUT2D eigenvalue weighted by Crippen LogP contribution is 3.02. The van der Waals surface area contributed by atoms with Crippen LogP contribution in [0.3, 0.4) is 0 Å². The van der Waals surface area contributed by atoms with E-state index in [4.69, 9.17) is 23.2 Å². The minimum Gasteiger partial charge on any atom is -0.369 e. The molecular formula is C16H11Cl2F8N5S. The van der Waals surface area contributed by atoms with Crippen molar-refractivity contribution < 1.29 is 32.6 Å². The molecule has 0 fully saturated rings. The minimum absolute atomic E-state index is 0.143. The highest BCUT2D eigenvalue weighted by Gasteiger charge is 2.65. The van der Waals surface area contributed by atoms with Crippen LogP contribution in [0.4, 0.5) is 38.4 Å². The standard InChI is InChI=1S/C16H11Cl2F8N5S/c1-8(16(19,20)21)13-12(6-27)29-31(15(13)28-7-30(2)3)14-10(17)4-9(5-11(14)18)32(22,23,24,25)26/h4-5,7H,1H2,2-3H3. The third-order valence-electron chi connectivity index (χ3n) is 3.67. The van der Waals surface area contributed by atoms with Gasteiger partial charge in [0.1, 0.15) is 16.7 Å². The van der Waals surface area contributed by atoms with Crippen LogP contribution in [0.2, 0.25) is 10.0 Å². The van der Waals surface area contributed by atoms with Crippen LogP contribution in [0.25, 0.3) is 11.3 Å². The van der Waals surface area contributed by atoms with Gasteiger partial charge in [0.25, 0.3) is 0 Å². The lowest BCUT2D eigenvalue weighted by molar-refractivity contribution is -0.0686. The molecule has 0 aliphatic heterocycles. The van der Waals surface area contributed by atoms with Gasteiger partial charge >= 0.3 is 16.4 Å². The van der Waals surface area contributed by atoms with E-state index in [0.29, 0.717) is 4.68 Å². The van der Waals surface area contributed by atoms with Crippen molar-refractivity contribution >= 4 is 51.2 Å². The highest BCUT2D eigenvalue weighted by molar-refractivity contribution is 8.45. The Kier molecular flexibility index (Phi) is 5.84. The van der Waals surface area contributed by atoms with Crippen LogP contribution >= 0.6 is 33.4 Å². The molecule has 1 aromatic heterocycles. The van der Waals surface area contributed by atoms with Gasteiger partial charge in [0.15, 0.2) is 11.5 Å². The molecule has 0 saturated heterocycles. The molecule has 0 bridgehead atoms. The minimum atomic E-state index is -10.2. The van der Waals surface area contributed by atoms with Crippen molar-refractivity contribution in [1.82, 2.24) is 14.7 Å². The summed E-state index contributed by atoms with van der Waals surface area (Å²) in [5, 5.41) is 10.8. The Bertz CT molecular complexity index is 1150. The summed E-state index contributed by atoms with van der Waals surface area (Å²) in [6.45, 7) is 2.88. The number of hydrogen-bond donors (Lipinski definition) is 0. The van der Waals surface area contributed by atoms with Gasteiger partial charge in [0.05, 0.1) is 27.5 Å². The first-order chi connectivity index (χ1) is 14.2. The maximum absolute atomic E-state index is 13.3. The number of halogens is 10. The van der Waals surface area contributed by atoms with Crippen molar-refractivity contribution in [3.63, 3.8) is 0 Å². The molecule has 16 heteroatoms. The molecule has 1 aromatic carbocycles. The molecule has 0 saturated carbocycles. The lowest BCUT2D eigenvalue weighted by Gasteiger charge is -2.40. The van der Waals surface area contributed by atoms with E-state index in [9.17, 15) is 37.9 Å². The van der Waals surface area contributed by atoms with Gasteiger partial charge in [-0.2, -0.15) is 23.5 Å². The predicted molar refractivity (Wildman–Crippen MR) is 107 cm³/mol. The van der Waals surface area contributed by atoms with E-state index in [-0.39, 0.29) is 12.1 Å². The molecule has 1 heterocycles. The van der Waals surface area contributed by atoms with E-state index >= 15 is 0 Å². The van der Waals surface area contributed by atoms with Crippen molar-refractivity contribution in [1.29, 1.82) is 5.26 Å². The summed E-state index contributed by atoms with van der Waals surface area (Å²) in [5.41, 5.74) is -4.01. The quantitative estimate of drug-likeness (QED) is 0.229. The lowest BCUT2D eigenvalue weighted by atomic mass is 10.1. The molecule has 0 N–H and O–H groups in total. The largest absolute Gasteiger partial charge is 0.416 e. The monoisotopic (exact) mass is 527 g/mol. The van der Waals surface area contributed by atoms with Crippen LogP contribution in [0, 0.1) is 11.3 Å². The van der Waals surface area contributed by atoms with Crippen LogP contribution < -0.4 is 0 Å². The van der Waals surface area contributed by atoms with Crippen molar-refractivity contribution in [2.24, 2.45) is 4.99 Å². The topological polar surface area (TPSA) is 57.2 Å². The number of hydrogen-bond acceptors (Lipinski definition) is 3. The van der Waals surface area contributed by atoms with Crippen molar-refractivity contribution in [3.8, 4) is 11.8 Å². The van der Waals surface area contributed by atoms with Gasteiger partial charge in [-0.1, -0.05) is 49.2 Å². The number of aliphatic imine (C=N–C) groups is 1. The van der Waals surface area contributed by atoms with Crippen molar-refractivity contribution in [3.05, 3.63) is 40.0 Å². The van der Waals surface area contributed by atoms with Gasteiger partial charge in [-0.25, -0.2) is 9.67 Å². The fourth-order valence-electron chi connectivity index (χ4n) is 2.32. The van der Waals surface area contributed by atoms with E-state index in [0.717, 1.165) is 6.34 Å². The van der Waals surface area contributed by atoms with Gasteiger partial charge in [-0.15, -0.1) is 0 Å².